The molecule has 0 amide bonds. The van der Waals surface area contributed by atoms with E-state index in [9.17, 15) is 4.79 Å². The number of thiophene rings is 6. The molecule has 0 bridgehead atoms. The van der Waals surface area contributed by atoms with Gasteiger partial charge < -0.3 is 9.47 Å². The molecule has 0 radical (unpaired) electrons. The number of rotatable bonds is 20. The number of aryl methyl sites for hydroxylation is 2. The SMILES string of the molecule is CCCCCCc1cc(-c2cc3sc(-c4sc(C(C)C)cc4CCCCCCOc4ccc(/C=C/C(=O)OC)cc4)cc3s2)sc1-c1cc2sc(C(C)C)cc2s1. The predicted molar refractivity (Wildman–Crippen MR) is 256 cm³/mol. The summed E-state index contributed by atoms with van der Waals surface area (Å²) < 4.78 is 16.4. The quantitative estimate of drug-likeness (QED) is 0.0435. The van der Waals surface area contributed by atoms with Crippen LogP contribution in [0, 0.1) is 0 Å². The first-order valence-corrected chi connectivity index (χ1v) is 25.4. The van der Waals surface area contributed by atoms with Crippen LogP contribution in [-0.2, 0) is 22.4 Å². The highest BCUT2D eigenvalue weighted by atomic mass is 32.1. The van der Waals surface area contributed by atoms with Crippen LogP contribution in [0.1, 0.15) is 124 Å². The third-order valence-corrected chi connectivity index (χ3v) is 18.4. The molecule has 6 aromatic heterocycles. The Bertz CT molecular complexity index is 2340. The molecule has 0 aliphatic rings. The highest BCUT2D eigenvalue weighted by Crippen LogP contribution is 2.50. The number of hydrogen-bond donors (Lipinski definition) is 0. The molecule has 0 fully saturated rings. The Balaban J connectivity index is 0.993. The molecule has 6 heterocycles. The zero-order valence-electron chi connectivity index (χ0n) is 34.0. The van der Waals surface area contributed by atoms with Gasteiger partial charge in [-0.05, 0) is 115 Å². The lowest BCUT2D eigenvalue weighted by Crippen LogP contribution is -1.97. The van der Waals surface area contributed by atoms with Crippen molar-refractivity contribution in [2.24, 2.45) is 0 Å². The van der Waals surface area contributed by atoms with E-state index in [1.54, 1.807) is 6.08 Å². The monoisotopic (exact) mass is 870 g/mol. The standard InChI is InChI=1S/C48H54O3S6/c1-7-8-9-12-15-34-25-38(57-48(34)45-28-42-39(54-45)26-37(52-42)31(4)5)40-27-41-43(53-40)29-44(55-41)47-33(24-36(56-47)30(2)3)16-13-10-11-14-23-51-35-20-17-32(18-21-35)19-22-46(49)50-6/h17-22,24-31H,7-16,23H2,1-6H3/b22-19+. The van der Waals surface area contributed by atoms with E-state index in [2.05, 4.69) is 75.8 Å². The van der Waals surface area contributed by atoms with E-state index in [1.165, 1.54) is 127 Å². The third-order valence-electron chi connectivity index (χ3n) is 10.3. The number of methoxy groups -OCH3 is 1. The minimum Gasteiger partial charge on any atom is -0.494 e. The van der Waals surface area contributed by atoms with Crippen LogP contribution in [0.4, 0.5) is 0 Å². The summed E-state index contributed by atoms with van der Waals surface area (Å²) in [5.41, 5.74) is 4.00. The molecule has 57 heavy (non-hydrogen) atoms. The number of carbonyl (C=O) groups is 1. The Morgan fingerprint density at radius 3 is 1.79 bits per heavy atom. The number of hydrogen-bond acceptors (Lipinski definition) is 9. The number of carbonyl (C=O) groups excluding carboxylic acids is 1. The van der Waals surface area contributed by atoms with Crippen molar-refractivity contribution >= 4 is 98.9 Å². The van der Waals surface area contributed by atoms with Gasteiger partial charge in [0, 0.05) is 63.9 Å². The number of fused-ring (bicyclic) bond motifs is 2. The van der Waals surface area contributed by atoms with Gasteiger partial charge in [-0.3, -0.25) is 0 Å². The Hall–Kier alpha value is -3.05. The van der Waals surface area contributed by atoms with Crippen LogP contribution < -0.4 is 4.74 Å². The van der Waals surface area contributed by atoms with Gasteiger partial charge in [0.2, 0.25) is 0 Å². The van der Waals surface area contributed by atoms with Gasteiger partial charge in [0.1, 0.15) is 5.75 Å². The fourth-order valence-corrected chi connectivity index (χ4v) is 14.6. The van der Waals surface area contributed by atoms with Crippen molar-refractivity contribution in [1.29, 1.82) is 0 Å². The van der Waals surface area contributed by atoms with Crippen molar-refractivity contribution in [1.82, 2.24) is 0 Å². The van der Waals surface area contributed by atoms with Crippen LogP contribution in [0.25, 0.3) is 54.1 Å². The Morgan fingerprint density at radius 1 is 0.596 bits per heavy atom. The van der Waals surface area contributed by atoms with E-state index in [4.69, 9.17) is 4.74 Å². The summed E-state index contributed by atoms with van der Waals surface area (Å²) >= 11 is 11.9. The van der Waals surface area contributed by atoms with Crippen LogP contribution in [0.5, 0.6) is 5.75 Å². The topological polar surface area (TPSA) is 35.5 Å². The first-order chi connectivity index (χ1) is 27.7. The van der Waals surface area contributed by atoms with Crippen molar-refractivity contribution < 1.29 is 14.3 Å². The Labute approximate surface area is 363 Å². The van der Waals surface area contributed by atoms with Crippen molar-refractivity contribution in [2.75, 3.05) is 13.7 Å². The van der Waals surface area contributed by atoms with Crippen LogP contribution in [-0.4, -0.2) is 19.7 Å². The zero-order chi connectivity index (χ0) is 39.9. The maximum atomic E-state index is 11.3. The lowest BCUT2D eigenvalue weighted by Gasteiger charge is -2.07. The lowest BCUT2D eigenvalue weighted by molar-refractivity contribution is -0.134. The molecule has 7 aromatic rings. The third kappa shape index (κ3) is 10.6. The van der Waals surface area contributed by atoms with E-state index >= 15 is 0 Å². The molecule has 9 heteroatoms. The fourth-order valence-electron chi connectivity index (χ4n) is 7.00. The molecule has 0 aliphatic carbocycles. The van der Waals surface area contributed by atoms with Gasteiger partial charge in [0.25, 0.3) is 0 Å². The number of unbranched alkanes of at least 4 members (excludes halogenated alkanes) is 6. The number of esters is 1. The van der Waals surface area contributed by atoms with E-state index in [0.717, 1.165) is 30.6 Å². The maximum absolute atomic E-state index is 11.3. The number of ether oxygens (including phenoxy) is 2. The molecule has 3 nitrogen and oxygen atoms in total. The highest BCUT2D eigenvalue weighted by molar-refractivity contribution is 7.34. The fraction of sp³-hybridized carbons (Fsp3) is 0.396. The predicted octanol–water partition coefficient (Wildman–Crippen LogP) is 17.1. The maximum Gasteiger partial charge on any atom is 0.330 e. The van der Waals surface area contributed by atoms with E-state index in [0.29, 0.717) is 18.4 Å². The molecular weight excluding hydrogens is 817 g/mol. The lowest BCUT2D eigenvalue weighted by atomic mass is 10.0. The molecular formula is C48H54O3S6. The minimum atomic E-state index is -0.355. The van der Waals surface area contributed by atoms with Crippen LogP contribution >= 0.6 is 68.0 Å². The zero-order valence-corrected chi connectivity index (χ0v) is 38.9. The molecule has 0 atom stereocenters. The first kappa shape index (κ1) is 42.1. The smallest absolute Gasteiger partial charge is 0.330 e. The first-order valence-electron chi connectivity index (χ1n) is 20.5. The summed E-state index contributed by atoms with van der Waals surface area (Å²) in [4.78, 5) is 23.0. The second kappa shape index (κ2) is 19.8. The molecule has 300 valence electrons. The Morgan fingerprint density at radius 2 is 1.14 bits per heavy atom. The summed E-state index contributed by atoms with van der Waals surface area (Å²) in [6.07, 6.45) is 15.2. The highest BCUT2D eigenvalue weighted by Gasteiger charge is 2.20. The molecule has 0 saturated heterocycles. The van der Waals surface area contributed by atoms with E-state index in [-0.39, 0.29) is 5.97 Å². The van der Waals surface area contributed by atoms with E-state index in [1.807, 2.05) is 92.3 Å². The van der Waals surface area contributed by atoms with E-state index < -0.39 is 0 Å². The minimum absolute atomic E-state index is 0.355. The van der Waals surface area contributed by atoms with Gasteiger partial charge in [-0.25, -0.2) is 4.79 Å². The molecule has 0 saturated carbocycles. The molecule has 0 N–H and O–H groups in total. The summed E-state index contributed by atoms with van der Waals surface area (Å²) in [6.45, 7) is 12.3. The average Bonchev–Trinajstić information content (AvgIpc) is 4.04. The van der Waals surface area contributed by atoms with Crippen molar-refractivity contribution in [3.63, 3.8) is 0 Å². The van der Waals surface area contributed by atoms with Crippen LogP contribution in [0.2, 0.25) is 0 Å². The normalized spacial score (nSPS) is 12.1. The molecule has 1 aromatic carbocycles. The van der Waals surface area contributed by atoms with Crippen molar-refractivity contribution in [3.05, 3.63) is 93.2 Å². The molecule has 0 spiro atoms. The summed E-state index contributed by atoms with van der Waals surface area (Å²) in [5.74, 6) is 1.62. The van der Waals surface area contributed by atoms with Gasteiger partial charge >= 0.3 is 5.97 Å². The molecule has 0 aliphatic heterocycles. The second-order valence-corrected chi connectivity index (χ2v) is 22.0. The average molecular weight is 871 g/mol. The summed E-state index contributed by atoms with van der Waals surface area (Å²) in [5, 5.41) is 0. The van der Waals surface area contributed by atoms with Crippen LogP contribution in [0.3, 0.4) is 0 Å². The van der Waals surface area contributed by atoms with Gasteiger partial charge in [-0.1, -0.05) is 78.9 Å². The molecule has 0 unspecified atom stereocenters. The largest absolute Gasteiger partial charge is 0.494 e. The number of benzene rings is 1. The van der Waals surface area contributed by atoms with Gasteiger partial charge in [0.15, 0.2) is 0 Å². The summed E-state index contributed by atoms with van der Waals surface area (Å²) in [7, 11) is 1.38. The van der Waals surface area contributed by atoms with Crippen molar-refractivity contribution in [3.8, 4) is 35.0 Å². The second-order valence-electron chi connectivity index (χ2n) is 15.5. The summed E-state index contributed by atoms with van der Waals surface area (Å²) in [6, 6.07) is 22.7. The van der Waals surface area contributed by atoms with Crippen LogP contribution in [0.15, 0.2) is 66.7 Å². The molecule has 7 rings (SSSR count). The van der Waals surface area contributed by atoms with Gasteiger partial charge in [-0.2, -0.15) is 0 Å². The van der Waals surface area contributed by atoms with Gasteiger partial charge in [0.05, 0.1) is 13.7 Å². The Kier molecular flexibility index (Phi) is 14.6. The van der Waals surface area contributed by atoms with Crippen molar-refractivity contribution in [2.45, 2.75) is 111 Å². The van der Waals surface area contributed by atoms with Gasteiger partial charge in [-0.15, -0.1) is 68.0 Å².